The van der Waals surface area contributed by atoms with Gasteiger partial charge in [-0.05, 0) is 19.4 Å². The van der Waals surface area contributed by atoms with Crippen LogP contribution in [0.1, 0.15) is 18.5 Å². The number of hydrogen-bond acceptors (Lipinski definition) is 3. The molecule has 2 aromatic heterocycles. The number of unbranched alkanes of at least 4 members (excludes halogenated alkanes) is 1. The van der Waals surface area contributed by atoms with Gasteiger partial charge in [-0.15, -0.1) is 0 Å². The van der Waals surface area contributed by atoms with Crippen LogP contribution in [0.4, 0.5) is 0 Å². The molecule has 0 aliphatic rings. The van der Waals surface area contributed by atoms with E-state index in [1.807, 2.05) is 17.7 Å². The second-order valence-electron chi connectivity index (χ2n) is 3.62. The van der Waals surface area contributed by atoms with Crippen molar-refractivity contribution < 1.29 is 0 Å². The zero-order valence-corrected chi connectivity index (χ0v) is 9.14. The monoisotopic (exact) mass is 215 g/mol. The van der Waals surface area contributed by atoms with Crippen molar-refractivity contribution in [3.63, 3.8) is 0 Å². The van der Waals surface area contributed by atoms with Gasteiger partial charge in [-0.2, -0.15) is 10.4 Å². The van der Waals surface area contributed by atoms with E-state index in [9.17, 15) is 0 Å². The minimum Gasteiger partial charge on any atom is -0.343 e. The summed E-state index contributed by atoms with van der Waals surface area (Å²) in [6.45, 7) is 2.72. The van der Waals surface area contributed by atoms with E-state index in [0.29, 0.717) is 6.42 Å². The number of imidazole rings is 1. The highest BCUT2D eigenvalue weighted by Gasteiger charge is 2.08. The number of nitrogens with zero attached hydrogens (tertiary/aromatic N) is 4. The molecule has 0 radical (unpaired) electrons. The molecule has 0 saturated carbocycles. The maximum absolute atomic E-state index is 8.51. The zero-order chi connectivity index (χ0) is 11.4. The van der Waals surface area contributed by atoms with E-state index in [2.05, 4.69) is 21.1 Å². The molecular formula is C11H13N5. The van der Waals surface area contributed by atoms with E-state index < -0.39 is 0 Å². The summed E-state index contributed by atoms with van der Waals surface area (Å²) in [4.78, 5) is 7.06. The Kier molecular flexibility index (Phi) is 3.01. The third-order valence-corrected chi connectivity index (χ3v) is 2.33. The SMILES string of the molecule is Cc1cc(-c2cnc[nH]2)n(CCCC#N)n1. The summed E-state index contributed by atoms with van der Waals surface area (Å²) in [5.41, 5.74) is 2.95. The predicted molar refractivity (Wildman–Crippen MR) is 59.4 cm³/mol. The van der Waals surface area contributed by atoms with Crippen molar-refractivity contribution in [2.45, 2.75) is 26.3 Å². The Morgan fingerprint density at radius 1 is 1.56 bits per heavy atom. The van der Waals surface area contributed by atoms with Gasteiger partial charge in [0, 0.05) is 13.0 Å². The van der Waals surface area contributed by atoms with E-state index >= 15 is 0 Å². The van der Waals surface area contributed by atoms with E-state index in [-0.39, 0.29) is 0 Å². The number of rotatable bonds is 4. The molecule has 0 spiro atoms. The van der Waals surface area contributed by atoms with Crippen molar-refractivity contribution in [2.24, 2.45) is 0 Å². The van der Waals surface area contributed by atoms with Gasteiger partial charge >= 0.3 is 0 Å². The van der Waals surface area contributed by atoms with Crippen molar-refractivity contribution >= 4 is 0 Å². The molecule has 2 rings (SSSR count). The van der Waals surface area contributed by atoms with Gasteiger partial charge in [0.1, 0.15) is 0 Å². The van der Waals surface area contributed by atoms with Crippen LogP contribution < -0.4 is 0 Å². The van der Waals surface area contributed by atoms with Crippen LogP contribution in [0.2, 0.25) is 0 Å². The Labute approximate surface area is 93.7 Å². The first-order valence-electron chi connectivity index (χ1n) is 5.21. The molecule has 0 aromatic carbocycles. The standard InChI is InChI=1S/C11H13N5/c1-9-6-11(10-7-13-8-14-10)16(15-9)5-3-2-4-12/h6-8H,2-3,5H2,1H3,(H,13,14). The van der Waals surface area contributed by atoms with Crippen molar-refractivity contribution in [1.29, 1.82) is 5.26 Å². The molecule has 0 saturated heterocycles. The number of H-pyrrole nitrogens is 1. The molecule has 2 heterocycles. The van der Waals surface area contributed by atoms with Crippen LogP contribution in [-0.4, -0.2) is 19.7 Å². The minimum absolute atomic E-state index is 0.557. The lowest BCUT2D eigenvalue weighted by Gasteiger charge is -2.03. The van der Waals surface area contributed by atoms with Gasteiger partial charge in [-0.25, -0.2) is 4.98 Å². The van der Waals surface area contributed by atoms with Crippen LogP contribution >= 0.6 is 0 Å². The van der Waals surface area contributed by atoms with Crippen molar-refractivity contribution in [3.05, 3.63) is 24.3 Å². The Bertz CT molecular complexity index is 489. The first kappa shape index (κ1) is 10.4. The maximum atomic E-state index is 8.51. The van der Waals surface area contributed by atoms with Crippen molar-refractivity contribution in [1.82, 2.24) is 19.7 Å². The molecule has 0 unspecified atom stereocenters. The minimum atomic E-state index is 0.557. The maximum Gasteiger partial charge on any atom is 0.0924 e. The molecular weight excluding hydrogens is 202 g/mol. The largest absolute Gasteiger partial charge is 0.343 e. The Morgan fingerprint density at radius 3 is 3.12 bits per heavy atom. The quantitative estimate of drug-likeness (QED) is 0.791. The summed E-state index contributed by atoms with van der Waals surface area (Å²) in [5, 5.41) is 12.9. The highest BCUT2D eigenvalue weighted by molar-refractivity contribution is 5.53. The summed E-state index contributed by atoms with van der Waals surface area (Å²) in [6.07, 6.45) is 4.80. The number of aryl methyl sites for hydroxylation is 2. The number of hydrogen-bond donors (Lipinski definition) is 1. The predicted octanol–water partition coefficient (Wildman–Crippen LogP) is 1.89. The molecule has 16 heavy (non-hydrogen) atoms. The lowest BCUT2D eigenvalue weighted by molar-refractivity contribution is 0.587. The van der Waals surface area contributed by atoms with Gasteiger partial charge in [0.25, 0.3) is 0 Å². The normalized spacial score (nSPS) is 10.2. The van der Waals surface area contributed by atoms with Crippen LogP contribution in [0, 0.1) is 18.3 Å². The van der Waals surface area contributed by atoms with Gasteiger partial charge in [0.05, 0.1) is 35.7 Å². The molecule has 0 fully saturated rings. The van der Waals surface area contributed by atoms with Crippen molar-refractivity contribution in [3.8, 4) is 17.5 Å². The average molecular weight is 215 g/mol. The van der Waals surface area contributed by atoms with E-state index in [0.717, 1.165) is 30.0 Å². The van der Waals surface area contributed by atoms with Gasteiger partial charge in [-0.3, -0.25) is 4.68 Å². The summed E-state index contributed by atoms with van der Waals surface area (Å²) in [6, 6.07) is 4.15. The molecule has 0 aliphatic carbocycles. The van der Waals surface area contributed by atoms with Gasteiger partial charge in [0.2, 0.25) is 0 Å². The van der Waals surface area contributed by atoms with Crippen LogP contribution in [0.5, 0.6) is 0 Å². The molecule has 0 bridgehead atoms. The fourth-order valence-corrected chi connectivity index (χ4v) is 1.64. The molecule has 82 valence electrons. The smallest absolute Gasteiger partial charge is 0.0924 e. The molecule has 1 N–H and O–H groups in total. The van der Waals surface area contributed by atoms with E-state index in [1.54, 1.807) is 12.5 Å². The first-order valence-corrected chi connectivity index (χ1v) is 5.21. The number of aromatic nitrogens is 4. The second-order valence-corrected chi connectivity index (χ2v) is 3.62. The molecule has 5 nitrogen and oxygen atoms in total. The lowest BCUT2D eigenvalue weighted by atomic mass is 10.3. The summed E-state index contributed by atoms with van der Waals surface area (Å²) in [7, 11) is 0. The fraction of sp³-hybridized carbons (Fsp3) is 0.364. The molecule has 0 atom stereocenters. The zero-order valence-electron chi connectivity index (χ0n) is 9.14. The third-order valence-electron chi connectivity index (χ3n) is 2.33. The summed E-state index contributed by atoms with van der Waals surface area (Å²) >= 11 is 0. The number of nitriles is 1. The van der Waals surface area contributed by atoms with Crippen LogP contribution in [-0.2, 0) is 6.54 Å². The Morgan fingerprint density at radius 2 is 2.44 bits per heavy atom. The number of nitrogens with one attached hydrogen (secondary N) is 1. The highest BCUT2D eigenvalue weighted by atomic mass is 15.3. The summed E-state index contributed by atoms with van der Waals surface area (Å²) in [5.74, 6) is 0. The Balaban J connectivity index is 2.21. The third kappa shape index (κ3) is 2.11. The van der Waals surface area contributed by atoms with Crippen molar-refractivity contribution in [2.75, 3.05) is 0 Å². The second kappa shape index (κ2) is 4.62. The van der Waals surface area contributed by atoms with Crippen LogP contribution in [0.3, 0.4) is 0 Å². The first-order chi connectivity index (χ1) is 7.81. The number of aromatic amines is 1. The molecule has 2 aromatic rings. The summed E-state index contributed by atoms with van der Waals surface area (Å²) < 4.78 is 1.92. The topological polar surface area (TPSA) is 70.3 Å². The van der Waals surface area contributed by atoms with Gasteiger partial charge in [0.15, 0.2) is 0 Å². The van der Waals surface area contributed by atoms with E-state index in [1.165, 1.54) is 0 Å². The van der Waals surface area contributed by atoms with Crippen LogP contribution in [0.15, 0.2) is 18.6 Å². The lowest BCUT2D eigenvalue weighted by Crippen LogP contribution is -2.02. The highest BCUT2D eigenvalue weighted by Crippen LogP contribution is 2.17. The molecule has 0 aliphatic heterocycles. The fourth-order valence-electron chi connectivity index (χ4n) is 1.64. The average Bonchev–Trinajstić information content (AvgIpc) is 2.87. The van der Waals surface area contributed by atoms with E-state index in [4.69, 9.17) is 5.26 Å². The Hall–Kier alpha value is -2.09. The van der Waals surface area contributed by atoms with Crippen LogP contribution in [0.25, 0.3) is 11.4 Å². The van der Waals surface area contributed by atoms with Gasteiger partial charge < -0.3 is 4.98 Å². The molecule has 0 amide bonds. The van der Waals surface area contributed by atoms with Gasteiger partial charge in [-0.1, -0.05) is 0 Å². The molecule has 5 heteroatoms.